The summed E-state index contributed by atoms with van der Waals surface area (Å²) in [4.78, 5) is 10.3. The molecule has 0 fully saturated rings. The van der Waals surface area contributed by atoms with Gasteiger partial charge in [-0.25, -0.2) is 0 Å². The van der Waals surface area contributed by atoms with E-state index in [0.717, 1.165) is 12.8 Å². The zero-order chi connectivity index (χ0) is 8.69. The number of allylic oxidation sites excluding steroid dienone is 2. The van der Waals surface area contributed by atoms with Gasteiger partial charge in [0.25, 0.3) is 0 Å². The van der Waals surface area contributed by atoms with Crippen LogP contribution in [0.3, 0.4) is 0 Å². The third-order valence-corrected chi connectivity index (χ3v) is 1.53. The van der Waals surface area contributed by atoms with Crippen LogP contribution in [0.15, 0.2) is 12.2 Å². The van der Waals surface area contributed by atoms with Crippen LogP contribution < -0.4 is 0 Å². The molecule has 0 aliphatic heterocycles. The molecule has 0 aromatic heterocycles. The standard InChI is InChI=1S/C9H16O2/c1-3-4-5-6-7-8(2)9(10)11/h5-6,8H,3-4,7H2,1-2H3,(H,10,11)/b6-5+. The molecule has 2 nitrogen and oxygen atoms in total. The first kappa shape index (κ1) is 10.2. The van der Waals surface area contributed by atoms with Gasteiger partial charge in [-0.15, -0.1) is 0 Å². The highest BCUT2D eigenvalue weighted by molar-refractivity contribution is 5.69. The number of aliphatic carboxylic acids is 1. The summed E-state index contributed by atoms with van der Waals surface area (Å²) >= 11 is 0. The van der Waals surface area contributed by atoms with Gasteiger partial charge < -0.3 is 5.11 Å². The fraction of sp³-hybridized carbons (Fsp3) is 0.667. The van der Waals surface area contributed by atoms with E-state index < -0.39 is 5.97 Å². The van der Waals surface area contributed by atoms with Gasteiger partial charge in [0, 0.05) is 0 Å². The van der Waals surface area contributed by atoms with Gasteiger partial charge >= 0.3 is 5.97 Å². The summed E-state index contributed by atoms with van der Waals surface area (Å²) in [6.07, 6.45) is 6.81. The number of carbonyl (C=O) groups is 1. The molecule has 0 saturated heterocycles. The molecule has 2 heteroatoms. The van der Waals surface area contributed by atoms with Crippen molar-refractivity contribution in [3.05, 3.63) is 12.2 Å². The number of hydrogen-bond acceptors (Lipinski definition) is 1. The first-order chi connectivity index (χ1) is 5.18. The van der Waals surface area contributed by atoms with Crippen molar-refractivity contribution in [3.8, 4) is 0 Å². The summed E-state index contributed by atoms with van der Waals surface area (Å²) in [5.41, 5.74) is 0. The smallest absolute Gasteiger partial charge is 0.306 e. The van der Waals surface area contributed by atoms with Gasteiger partial charge in [-0.05, 0) is 12.8 Å². The molecule has 0 spiro atoms. The summed E-state index contributed by atoms with van der Waals surface area (Å²) < 4.78 is 0. The first-order valence-corrected chi connectivity index (χ1v) is 4.06. The molecular weight excluding hydrogens is 140 g/mol. The van der Waals surface area contributed by atoms with Crippen molar-refractivity contribution in [3.63, 3.8) is 0 Å². The molecule has 0 aliphatic rings. The zero-order valence-electron chi connectivity index (χ0n) is 7.21. The molecule has 1 N–H and O–H groups in total. The van der Waals surface area contributed by atoms with Gasteiger partial charge in [-0.3, -0.25) is 4.79 Å². The predicted octanol–water partition coefficient (Wildman–Crippen LogP) is 2.45. The van der Waals surface area contributed by atoms with E-state index in [1.54, 1.807) is 6.92 Å². The molecule has 0 heterocycles. The second-order valence-electron chi connectivity index (χ2n) is 2.74. The van der Waals surface area contributed by atoms with Crippen molar-refractivity contribution in [2.45, 2.75) is 33.1 Å². The Morgan fingerprint density at radius 1 is 1.55 bits per heavy atom. The van der Waals surface area contributed by atoms with Crippen LogP contribution in [0, 0.1) is 5.92 Å². The second-order valence-corrected chi connectivity index (χ2v) is 2.74. The fourth-order valence-corrected chi connectivity index (χ4v) is 0.686. The van der Waals surface area contributed by atoms with E-state index in [1.807, 2.05) is 12.2 Å². The average molecular weight is 156 g/mol. The lowest BCUT2D eigenvalue weighted by atomic mass is 10.1. The molecule has 0 aromatic carbocycles. The quantitative estimate of drug-likeness (QED) is 0.621. The normalized spacial score (nSPS) is 13.6. The lowest BCUT2D eigenvalue weighted by molar-refractivity contribution is -0.140. The van der Waals surface area contributed by atoms with Gasteiger partial charge in [0.05, 0.1) is 5.92 Å². The zero-order valence-corrected chi connectivity index (χ0v) is 7.21. The summed E-state index contributed by atoms with van der Waals surface area (Å²) in [6, 6.07) is 0. The third kappa shape index (κ3) is 5.64. The Balaban J connectivity index is 3.44. The van der Waals surface area contributed by atoms with Gasteiger partial charge in [-0.1, -0.05) is 32.4 Å². The van der Waals surface area contributed by atoms with E-state index in [1.165, 1.54) is 0 Å². The molecule has 0 radical (unpaired) electrons. The molecule has 0 saturated carbocycles. The Kier molecular flexibility index (Phi) is 5.53. The van der Waals surface area contributed by atoms with Gasteiger partial charge in [0.15, 0.2) is 0 Å². The van der Waals surface area contributed by atoms with Crippen LogP contribution in [0.1, 0.15) is 33.1 Å². The number of carboxylic acid groups (broad SMARTS) is 1. The number of unbranched alkanes of at least 4 members (excludes halogenated alkanes) is 1. The molecule has 64 valence electrons. The minimum absolute atomic E-state index is 0.247. The lowest BCUT2D eigenvalue weighted by Gasteiger charge is -1.99. The summed E-state index contributed by atoms with van der Waals surface area (Å²) in [6.45, 7) is 3.82. The highest BCUT2D eigenvalue weighted by atomic mass is 16.4. The van der Waals surface area contributed by atoms with E-state index in [-0.39, 0.29) is 5.92 Å². The Morgan fingerprint density at radius 3 is 2.64 bits per heavy atom. The molecule has 0 rings (SSSR count). The molecule has 0 bridgehead atoms. The second kappa shape index (κ2) is 5.96. The highest BCUT2D eigenvalue weighted by Crippen LogP contribution is 2.03. The monoisotopic (exact) mass is 156 g/mol. The molecule has 0 aliphatic carbocycles. The SMILES string of the molecule is CCC/C=C/CC(C)C(=O)O. The van der Waals surface area contributed by atoms with Crippen LogP contribution in [-0.2, 0) is 4.79 Å². The van der Waals surface area contributed by atoms with Crippen molar-refractivity contribution < 1.29 is 9.90 Å². The third-order valence-electron chi connectivity index (χ3n) is 1.53. The first-order valence-electron chi connectivity index (χ1n) is 4.06. The topological polar surface area (TPSA) is 37.3 Å². The van der Waals surface area contributed by atoms with Gasteiger partial charge in [0.1, 0.15) is 0 Å². The highest BCUT2D eigenvalue weighted by Gasteiger charge is 2.06. The van der Waals surface area contributed by atoms with Crippen LogP contribution >= 0.6 is 0 Å². The van der Waals surface area contributed by atoms with Crippen molar-refractivity contribution in [1.82, 2.24) is 0 Å². The number of carboxylic acids is 1. The van der Waals surface area contributed by atoms with E-state index in [4.69, 9.17) is 5.11 Å². The lowest BCUT2D eigenvalue weighted by Crippen LogP contribution is -2.07. The van der Waals surface area contributed by atoms with Gasteiger partial charge in [0.2, 0.25) is 0 Å². The summed E-state index contributed by atoms with van der Waals surface area (Å²) in [5, 5.41) is 8.50. The van der Waals surface area contributed by atoms with Crippen molar-refractivity contribution >= 4 is 5.97 Å². The Hall–Kier alpha value is -0.790. The van der Waals surface area contributed by atoms with Crippen LogP contribution in [0.2, 0.25) is 0 Å². The van der Waals surface area contributed by atoms with Crippen LogP contribution in [0.25, 0.3) is 0 Å². The molecule has 11 heavy (non-hydrogen) atoms. The van der Waals surface area contributed by atoms with Crippen molar-refractivity contribution in [2.24, 2.45) is 5.92 Å². The molecule has 1 atom stereocenters. The largest absolute Gasteiger partial charge is 0.481 e. The van der Waals surface area contributed by atoms with E-state index in [2.05, 4.69) is 6.92 Å². The Morgan fingerprint density at radius 2 is 2.18 bits per heavy atom. The number of hydrogen-bond donors (Lipinski definition) is 1. The average Bonchev–Trinajstić information content (AvgIpc) is 1.97. The minimum atomic E-state index is -0.717. The number of rotatable bonds is 5. The van der Waals surface area contributed by atoms with Crippen molar-refractivity contribution in [2.75, 3.05) is 0 Å². The van der Waals surface area contributed by atoms with Crippen LogP contribution in [-0.4, -0.2) is 11.1 Å². The maximum Gasteiger partial charge on any atom is 0.306 e. The van der Waals surface area contributed by atoms with E-state index in [0.29, 0.717) is 6.42 Å². The summed E-state index contributed by atoms with van der Waals surface area (Å²) in [5.74, 6) is -0.964. The molecule has 0 amide bonds. The van der Waals surface area contributed by atoms with Crippen LogP contribution in [0.5, 0.6) is 0 Å². The van der Waals surface area contributed by atoms with Crippen molar-refractivity contribution in [1.29, 1.82) is 0 Å². The van der Waals surface area contributed by atoms with E-state index in [9.17, 15) is 4.79 Å². The maximum absolute atomic E-state index is 10.3. The molecular formula is C9H16O2. The Bertz CT molecular complexity index is 138. The minimum Gasteiger partial charge on any atom is -0.481 e. The Labute approximate surface area is 67.9 Å². The van der Waals surface area contributed by atoms with E-state index >= 15 is 0 Å². The van der Waals surface area contributed by atoms with Crippen LogP contribution in [0.4, 0.5) is 0 Å². The maximum atomic E-state index is 10.3. The van der Waals surface area contributed by atoms with Gasteiger partial charge in [-0.2, -0.15) is 0 Å². The predicted molar refractivity (Wildman–Crippen MR) is 45.5 cm³/mol. The molecule has 1 unspecified atom stereocenters. The summed E-state index contributed by atoms with van der Waals surface area (Å²) in [7, 11) is 0. The molecule has 0 aromatic rings. The fourth-order valence-electron chi connectivity index (χ4n) is 0.686.